The Kier molecular flexibility index (Phi) is 5.16. The lowest BCUT2D eigenvalue weighted by molar-refractivity contribution is -0.141. The van der Waals surface area contributed by atoms with E-state index in [2.05, 4.69) is 10.4 Å². The van der Waals surface area contributed by atoms with Crippen molar-refractivity contribution in [2.75, 3.05) is 5.32 Å². The number of alkyl halides is 3. The number of aryl methyl sites for hydroxylation is 1. The topological polar surface area (TPSA) is 46.9 Å². The molecule has 0 aliphatic carbocycles. The summed E-state index contributed by atoms with van der Waals surface area (Å²) in [5.74, 6) is -1.73. The van der Waals surface area contributed by atoms with E-state index in [4.69, 9.17) is 11.6 Å². The second-order valence-corrected chi connectivity index (χ2v) is 6.48. The number of amides is 1. The molecule has 0 atom stereocenters. The highest BCUT2D eigenvalue weighted by molar-refractivity contribution is 6.32. The Morgan fingerprint density at radius 1 is 1.21 bits per heavy atom. The first-order chi connectivity index (χ1) is 13.1. The first-order valence-corrected chi connectivity index (χ1v) is 8.43. The number of hydrogen-bond acceptors (Lipinski definition) is 2. The molecule has 0 spiro atoms. The second-order valence-electron chi connectivity index (χ2n) is 6.10. The monoisotopic (exact) mass is 411 g/mol. The van der Waals surface area contributed by atoms with Gasteiger partial charge >= 0.3 is 6.18 Å². The highest BCUT2D eigenvalue weighted by atomic mass is 35.5. The molecule has 0 fully saturated rings. The molecule has 1 N–H and O–H groups in total. The molecule has 1 aromatic heterocycles. The van der Waals surface area contributed by atoms with Crippen molar-refractivity contribution in [3.05, 3.63) is 70.3 Å². The van der Waals surface area contributed by atoms with Gasteiger partial charge in [0.2, 0.25) is 0 Å². The van der Waals surface area contributed by atoms with Crippen LogP contribution in [0.15, 0.2) is 42.6 Å². The molecule has 1 heterocycles. The molecule has 3 rings (SSSR count). The van der Waals surface area contributed by atoms with Crippen LogP contribution in [0.2, 0.25) is 5.02 Å². The van der Waals surface area contributed by atoms with Crippen LogP contribution in [-0.2, 0) is 13.2 Å². The molecule has 0 bridgehead atoms. The van der Waals surface area contributed by atoms with Gasteiger partial charge in [-0.25, -0.2) is 4.39 Å². The van der Waals surface area contributed by atoms with Gasteiger partial charge in [-0.2, -0.15) is 18.3 Å². The molecule has 3 aromatic rings. The Balaban J connectivity index is 2.11. The second kappa shape index (κ2) is 7.27. The van der Waals surface area contributed by atoms with Crippen LogP contribution in [0.1, 0.15) is 21.6 Å². The highest BCUT2D eigenvalue weighted by Gasteiger charge is 2.39. The van der Waals surface area contributed by atoms with Crippen molar-refractivity contribution in [1.82, 2.24) is 9.78 Å². The summed E-state index contributed by atoms with van der Waals surface area (Å²) in [7, 11) is 1.28. The number of benzene rings is 2. The number of rotatable bonds is 3. The van der Waals surface area contributed by atoms with Gasteiger partial charge < -0.3 is 5.32 Å². The van der Waals surface area contributed by atoms with E-state index in [9.17, 15) is 22.4 Å². The van der Waals surface area contributed by atoms with Crippen molar-refractivity contribution in [1.29, 1.82) is 0 Å². The first kappa shape index (κ1) is 19.9. The number of nitrogens with one attached hydrogen (secondary N) is 1. The summed E-state index contributed by atoms with van der Waals surface area (Å²) in [6.07, 6.45) is -3.83. The normalized spacial score (nSPS) is 11.5. The molecule has 0 unspecified atom stereocenters. The lowest BCUT2D eigenvalue weighted by Gasteiger charge is -2.16. The molecule has 0 saturated carbocycles. The lowest BCUT2D eigenvalue weighted by Crippen LogP contribution is -2.19. The van der Waals surface area contributed by atoms with E-state index in [0.717, 1.165) is 16.9 Å². The van der Waals surface area contributed by atoms with Crippen LogP contribution in [0, 0.1) is 12.7 Å². The average Bonchev–Trinajstić information content (AvgIpc) is 3.05. The largest absolute Gasteiger partial charge is 0.435 e. The average molecular weight is 412 g/mol. The van der Waals surface area contributed by atoms with Gasteiger partial charge in [-0.05, 0) is 24.1 Å². The van der Waals surface area contributed by atoms with Gasteiger partial charge in [-0.3, -0.25) is 9.48 Å². The highest BCUT2D eigenvalue weighted by Crippen LogP contribution is 2.38. The summed E-state index contributed by atoms with van der Waals surface area (Å²) in [4.78, 5) is 12.6. The Hall–Kier alpha value is -2.87. The van der Waals surface area contributed by atoms with Crippen molar-refractivity contribution in [3.63, 3.8) is 0 Å². The molecule has 0 aliphatic heterocycles. The molecule has 0 saturated heterocycles. The molecule has 4 nitrogen and oxygen atoms in total. The SMILES string of the molecule is Cc1c(Cl)c(F)cc(-c2ccccc2)c1NC(=O)c1cn(C)nc1C(F)(F)F. The fourth-order valence-electron chi connectivity index (χ4n) is 2.80. The maximum absolute atomic E-state index is 14.2. The van der Waals surface area contributed by atoms with Crippen molar-refractivity contribution in [2.45, 2.75) is 13.1 Å². The Morgan fingerprint density at radius 2 is 1.86 bits per heavy atom. The molecule has 0 radical (unpaired) electrons. The van der Waals surface area contributed by atoms with Crippen LogP contribution in [0.25, 0.3) is 11.1 Å². The van der Waals surface area contributed by atoms with E-state index in [-0.39, 0.29) is 16.3 Å². The van der Waals surface area contributed by atoms with Crippen molar-refractivity contribution in [3.8, 4) is 11.1 Å². The van der Waals surface area contributed by atoms with Gasteiger partial charge in [-0.1, -0.05) is 41.9 Å². The van der Waals surface area contributed by atoms with Gasteiger partial charge in [0.05, 0.1) is 16.3 Å². The Bertz CT molecular complexity index is 1050. The van der Waals surface area contributed by atoms with E-state index in [1.165, 1.54) is 14.0 Å². The van der Waals surface area contributed by atoms with Crippen LogP contribution >= 0.6 is 11.6 Å². The van der Waals surface area contributed by atoms with Crippen LogP contribution in [-0.4, -0.2) is 15.7 Å². The summed E-state index contributed by atoms with van der Waals surface area (Å²) >= 11 is 5.96. The summed E-state index contributed by atoms with van der Waals surface area (Å²) in [5.41, 5.74) is -0.760. The molecule has 9 heteroatoms. The van der Waals surface area contributed by atoms with Crippen LogP contribution in [0.3, 0.4) is 0 Å². The number of carbonyl (C=O) groups is 1. The van der Waals surface area contributed by atoms with Crippen molar-refractivity contribution >= 4 is 23.2 Å². The minimum Gasteiger partial charge on any atom is -0.321 e. The van der Waals surface area contributed by atoms with Gasteiger partial charge in [-0.15, -0.1) is 0 Å². The summed E-state index contributed by atoms with van der Waals surface area (Å²) in [5, 5.41) is 5.54. The van der Waals surface area contributed by atoms with Gasteiger partial charge in [0.1, 0.15) is 5.82 Å². The standard InChI is InChI=1S/C19H14ClF4N3O/c1-10-15(20)14(21)8-12(11-6-4-3-5-7-11)16(10)25-18(28)13-9-27(2)26-17(13)19(22,23)24/h3-9H,1-2H3,(H,25,28). The molecule has 0 aliphatic rings. The smallest absolute Gasteiger partial charge is 0.321 e. The zero-order chi connectivity index (χ0) is 20.6. The maximum atomic E-state index is 14.2. The number of aromatic nitrogens is 2. The zero-order valence-corrected chi connectivity index (χ0v) is 15.5. The lowest BCUT2D eigenvalue weighted by atomic mass is 9.99. The van der Waals surface area contributed by atoms with Gasteiger partial charge in [0.25, 0.3) is 5.91 Å². The Labute approximate surface area is 162 Å². The van der Waals surface area contributed by atoms with Gasteiger partial charge in [0, 0.05) is 18.8 Å². The quantitative estimate of drug-likeness (QED) is 0.582. The van der Waals surface area contributed by atoms with Crippen LogP contribution < -0.4 is 5.32 Å². The third-order valence-corrected chi connectivity index (χ3v) is 4.58. The maximum Gasteiger partial charge on any atom is 0.435 e. The number of carbonyl (C=O) groups excluding carboxylic acids is 1. The fraction of sp³-hybridized carbons (Fsp3) is 0.158. The van der Waals surface area contributed by atoms with Crippen LogP contribution in [0.5, 0.6) is 0 Å². The molecule has 2 aromatic carbocycles. The van der Waals surface area contributed by atoms with Crippen molar-refractivity contribution < 1.29 is 22.4 Å². The Morgan fingerprint density at radius 3 is 2.46 bits per heavy atom. The van der Waals surface area contributed by atoms with Gasteiger partial charge in [0.15, 0.2) is 5.69 Å². The molecule has 146 valence electrons. The summed E-state index contributed by atoms with van der Waals surface area (Å²) < 4.78 is 54.6. The number of halogens is 5. The van der Waals surface area contributed by atoms with E-state index >= 15 is 0 Å². The molecular formula is C19H14ClF4N3O. The third kappa shape index (κ3) is 3.73. The molecule has 1 amide bonds. The molecular weight excluding hydrogens is 398 g/mol. The van der Waals surface area contributed by atoms with Crippen molar-refractivity contribution in [2.24, 2.45) is 7.05 Å². The van der Waals surface area contributed by atoms with E-state index in [1.807, 2.05) is 0 Å². The zero-order valence-electron chi connectivity index (χ0n) is 14.7. The van der Waals surface area contributed by atoms with Crippen LogP contribution in [0.4, 0.5) is 23.2 Å². The fourth-order valence-corrected chi connectivity index (χ4v) is 2.95. The molecule has 28 heavy (non-hydrogen) atoms. The first-order valence-electron chi connectivity index (χ1n) is 8.05. The number of nitrogens with zero attached hydrogens (tertiary/aromatic N) is 2. The number of anilines is 1. The minimum atomic E-state index is -4.80. The number of hydrogen-bond donors (Lipinski definition) is 1. The van der Waals surface area contributed by atoms with E-state index in [1.54, 1.807) is 30.3 Å². The summed E-state index contributed by atoms with van der Waals surface area (Å²) in [6.45, 7) is 1.47. The van der Waals surface area contributed by atoms with E-state index in [0.29, 0.717) is 11.1 Å². The van der Waals surface area contributed by atoms with E-state index < -0.39 is 29.2 Å². The third-order valence-electron chi connectivity index (χ3n) is 4.12. The predicted octanol–water partition coefficient (Wildman–Crippen LogP) is 5.46. The summed E-state index contributed by atoms with van der Waals surface area (Å²) in [6, 6.07) is 9.68. The minimum absolute atomic E-state index is 0.125. The predicted molar refractivity (Wildman–Crippen MR) is 97.7 cm³/mol.